The summed E-state index contributed by atoms with van der Waals surface area (Å²) in [5.41, 5.74) is 0. The number of rotatable bonds is 6. The second-order valence-electron chi connectivity index (χ2n) is 5.82. The molecule has 2 heteroatoms. The third kappa shape index (κ3) is 4.84. The third-order valence-corrected chi connectivity index (χ3v) is 3.70. The molecule has 0 saturated carbocycles. The van der Waals surface area contributed by atoms with Crippen molar-refractivity contribution in [3.05, 3.63) is 0 Å². The summed E-state index contributed by atoms with van der Waals surface area (Å²) in [6, 6.07) is 1.60. The highest BCUT2D eigenvalue weighted by Gasteiger charge is 2.23. The SMILES string of the molecule is CC(C)CNCCCN1[C@H](C)CCC[C@@H]1C. The van der Waals surface area contributed by atoms with Gasteiger partial charge in [0, 0.05) is 12.1 Å². The van der Waals surface area contributed by atoms with Crippen molar-refractivity contribution in [2.45, 2.75) is 65.5 Å². The Morgan fingerprint density at radius 3 is 2.38 bits per heavy atom. The predicted molar refractivity (Wildman–Crippen MR) is 71.8 cm³/mol. The molecule has 0 aliphatic carbocycles. The molecule has 1 saturated heterocycles. The van der Waals surface area contributed by atoms with Crippen LogP contribution >= 0.6 is 0 Å². The van der Waals surface area contributed by atoms with E-state index >= 15 is 0 Å². The minimum absolute atomic E-state index is 0.771. The zero-order valence-electron chi connectivity index (χ0n) is 11.6. The molecule has 0 radical (unpaired) electrons. The summed E-state index contributed by atoms with van der Waals surface area (Å²) in [5.74, 6) is 0.771. The van der Waals surface area contributed by atoms with Crippen molar-refractivity contribution in [1.29, 1.82) is 0 Å². The van der Waals surface area contributed by atoms with Gasteiger partial charge in [-0.3, -0.25) is 4.90 Å². The highest BCUT2D eigenvalue weighted by Crippen LogP contribution is 2.22. The summed E-state index contributed by atoms with van der Waals surface area (Å²) in [6.45, 7) is 12.9. The van der Waals surface area contributed by atoms with Crippen molar-refractivity contribution < 1.29 is 0 Å². The molecular formula is C14H30N2. The van der Waals surface area contributed by atoms with Gasteiger partial charge in [-0.2, -0.15) is 0 Å². The number of hydrogen-bond acceptors (Lipinski definition) is 2. The number of likely N-dealkylation sites (tertiary alicyclic amines) is 1. The van der Waals surface area contributed by atoms with Gasteiger partial charge in [0.2, 0.25) is 0 Å². The molecule has 16 heavy (non-hydrogen) atoms. The van der Waals surface area contributed by atoms with E-state index in [0.29, 0.717) is 0 Å². The van der Waals surface area contributed by atoms with E-state index in [1.54, 1.807) is 0 Å². The van der Waals surface area contributed by atoms with Crippen LogP contribution < -0.4 is 5.32 Å². The van der Waals surface area contributed by atoms with Gasteiger partial charge in [-0.1, -0.05) is 20.3 Å². The number of hydrogen-bond donors (Lipinski definition) is 1. The minimum Gasteiger partial charge on any atom is -0.316 e. The Morgan fingerprint density at radius 2 is 1.81 bits per heavy atom. The molecule has 0 bridgehead atoms. The van der Waals surface area contributed by atoms with Crippen LogP contribution in [0.25, 0.3) is 0 Å². The molecule has 1 aliphatic heterocycles. The normalized spacial score (nSPS) is 27.6. The molecule has 1 N–H and O–H groups in total. The van der Waals surface area contributed by atoms with Crippen LogP contribution in [0.1, 0.15) is 53.4 Å². The standard InChI is InChI=1S/C14H30N2/c1-12(2)11-15-9-6-10-16-13(3)7-5-8-14(16)4/h12-15H,5-11H2,1-4H3/t13-,14+. The van der Waals surface area contributed by atoms with Crippen LogP contribution in [-0.4, -0.2) is 36.6 Å². The average Bonchev–Trinajstić information content (AvgIpc) is 2.21. The Kier molecular flexibility index (Phi) is 6.37. The maximum absolute atomic E-state index is 3.53. The first kappa shape index (κ1) is 14.0. The lowest BCUT2D eigenvalue weighted by Gasteiger charge is -2.39. The van der Waals surface area contributed by atoms with Gasteiger partial charge >= 0.3 is 0 Å². The first-order chi connectivity index (χ1) is 7.61. The fourth-order valence-electron chi connectivity index (χ4n) is 2.69. The highest BCUT2D eigenvalue weighted by atomic mass is 15.2. The van der Waals surface area contributed by atoms with Crippen molar-refractivity contribution in [1.82, 2.24) is 10.2 Å². The first-order valence-electron chi connectivity index (χ1n) is 7.07. The molecule has 0 spiro atoms. The second kappa shape index (κ2) is 7.29. The second-order valence-corrected chi connectivity index (χ2v) is 5.82. The van der Waals surface area contributed by atoms with Gasteiger partial charge in [0.05, 0.1) is 0 Å². The van der Waals surface area contributed by atoms with Crippen LogP contribution in [0.2, 0.25) is 0 Å². The lowest BCUT2D eigenvalue weighted by molar-refractivity contribution is 0.102. The Morgan fingerprint density at radius 1 is 1.19 bits per heavy atom. The lowest BCUT2D eigenvalue weighted by Crippen LogP contribution is -2.44. The van der Waals surface area contributed by atoms with Crippen molar-refractivity contribution in [2.24, 2.45) is 5.92 Å². The van der Waals surface area contributed by atoms with E-state index in [1.165, 1.54) is 38.8 Å². The molecule has 1 rings (SSSR count). The summed E-state index contributed by atoms with van der Waals surface area (Å²) in [4.78, 5) is 2.69. The maximum Gasteiger partial charge on any atom is 0.00697 e. The molecule has 0 aromatic carbocycles. The van der Waals surface area contributed by atoms with Crippen molar-refractivity contribution in [2.75, 3.05) is 19.6 Å². The van der Waals surface area contributed by atoms with Crippen molar-refractivity contribution in [3.63, 3.8) is 0 Å². The van der Waals surface area contributed by atoms with Crippen molar-refractivity contribution in [3.8, 4) is 0 Å². The van der Waals surface area contributed by atoms with Crippen molar-refractivity contribution >= 4 is 0 Å². The lowest BCUT2D eigenvalue weighted by atomic mass is 9.97. The van der Waals surface area contributed by atoms with Gasteiger partial charge < -0.3 is 5.32 Å². The van der Waals surface area contributed by atoms with Crippen LogP contribution in [0, 0.1) is 5.92 Å². The Hall–Kier alpha value is -0.0800. The number of piperidine rings is 1. The van der Waals surface area contributed by atoms with Gasteiger partial charge in [-0.05, 0) is 58.7 Å². The summed E-state index contributed by atoms with van der Waals surface area (Å²) in [5, 5.41) is 3.53. The Labute approximate surface area is 102 Å². The van der Waals surface area contributed by atoms with Crippen LogP contribution in [0.4, 0.5) is 0 Å². The molecular weight excluding hydrogens is 196 g/mol. The zero-order chi connectivity index (χ0) is 12.0. The van der Waals surface area contributed by atoms with E-state index in [4.69, 9.17) is 0 Å². The molecule has 0 aromatic rings. The van der Waals surface area contributed by atoms with E-state index in [2.05, 4.69) is 37.9 Å². The fourth-order valence-corrected chi connectivity index (χ4v) is 2.69. The van der Waals surface area contributed by atoms with E-state index in [0.717, 1.165) is 24.5 Å². The van der Waals surface area contributed by atoms with Crippen LogP contribution in [0.3, 0.4) is 0 Å². The molecule has 1 aliphatic rings. The predicted octanol–water partition coefficient (Wildman–Crippen LogP) is 2.89. The molecule has 1 heterocycles. The summed E-state index contributed by atoms with van der Waals surface area (Å²) in [7, 11) is 0. The van der Waals surface area contributed by atoms with E-state index < -0.39 is 0 Å². The van der Waals surface area contributed by atoms with Crippen LogP contribution in [-0.2, 0) is 0 Å². The molecule has 2 atom stereocenters. The monoisotopic (exact) mass is 226 g/mol. The molecule has 0 unspecified atom stereocenters. The molecule has 96 valence electrons. The fraction of sp³-hybridized carbons (Fsp3) is 1.00. The van der Waals surface area contributed by atoms with Crippen LogP contribution in [0.5, 0.6) is 0 Å². The summed E-state index contributed by atoms with van der Waals surface area (Å²) < 4.78 is 0. The zero-order valence-corrected chi connectivity index (χ0v) is 11.6. The first-order valence-corrected chi connectivity index (χ1v) is 7.07. The summed E-state index contributed by atoms with van der Waals surface area (Å²) >= 11 is 0. The molecule has 2 nitrogen and oxygen atoms in total. The van der Waals surface area contributed by atoms with Crippen LogP contribution in [0.15, 0.2) is 0 Å². The Balaban J connectivity index is 2.10. The summed E-state index contributed by atoms with van der Waals surface area (Å²) in [6.07, 6.45) is 5.50. The molecule has 0 amide bonds. The van der Waals surface area contributed by atoms with E-state index in [1.807, 2.05) is 0 Å². The minimum atomic E-state index is 0.771. The largest absolute Gasteiger partial charge is 0.316 e. The van der Waals surface area contributed by atoms with Gasteiger partial charge in [-0.15, -0.1) is 0 Å². The molecule has 1 fully saturated rings. The average molecular weight is 226 g/mol. The van der Waals surface area contributed by atoms with E-state index in [-0.39, 0.29) is 0 Å². The highest BCUT2D eigenvalue weighted by molar-refractivity contribution is 4.79. The van der Waals surface area contributed by atoms with Gasteiger partial charge in [0.1, 0.15) is 0 Å². The van der Waals surface area contributed by atoms with Gasteiger partial charge in [-0.25, -0.2) is 0 Å². The van der Waals surface area contributed by atoms with E-state index in [9.17, 15) is 0 Å². The van der Waals surface area contributed by atoms with Gasteiger partial charge in [0.15, 0.2) is 0 Å². The molecule has 0 aromatic heterocycles. The smallest absolute Gasteiger partial charge is 0.00697 e. The Bertz CT molecular complexity index is 170. The topological polar surface area (TPSA) is 15.3 Å². The quantitative estimate of drug-likeness (QED) is 0.701. The number of nitrogens with zero attached hydrogens (tertiary/aromatic N) is 1. The third-order valence-electron chi connectivity index (χ3n) is 3.70. The maximum atomic E-state index is 3.53. The van der Waals surface area contributed by atoms with Gasteiger partial charge in [0.25, 0.3) is 0 Å². The number of nitrogens with one attached hydrogen (secondary N) is 1.